The van der Waals surface area contributed by atoms with Crippen molar-refractivity contribution in [1.82, 2.24) is 30.7 Å². The molecule has 0 bridgehead atoms. The van der Waals surface area contributed by atoms with Crippen molar-refractivity contribution in [3.63, 3.8) is 0 Å². The van der Waals surface area contributed by atoms with Crippen LogP contribution in [0, 0.1) is 11.8 Å². The van der Waals surface area contributed by atoms with Crippen LogP contribution in [0.15, 0.2) is 142 Å². The van der Waals surface area contributed by atoms with Crippen LogP contribution >= 0.6 is 0 Å². The number of aryl methyl sites for hydroxylation is 1. The Labute approximate surface area is 687 Å². The molecular weight excluding hydrogens is 1490 g/mol. The summed E-state index contributed by atoms with van der Waals surface area (Å²) in [6.07, 6.45) is 7.59. The highest BCUT2D eigenvalue weighted by Crippen LogP contribution is 2.51. The summed E-state index contributed by atoms with van der Waals surface area (Å²) in [6.45, 7) is 22.8. The Balaban J connectivity index is 0.000000161. The van der Waals surface area contributed by atoms with E-state index in [0.717, 1.165) is 89.6 Å². The van der Waals surface area contributed by atoms with Crippen molar-refractivity contribution in [2.75, 3.05) is 40.6 Å². The van der Waals surface area contributed by atoms with Gasteiger partial charge in [-0.25, -0.2) is 15.0 Å². The number of guanidine groups is 3. The zero-order valence-corrected chi connectivity index (χ0v) is 69.1. The first-order chi connectivity index (χ1) is 55.4. The van der Waals surface area contributed by atoms with Crippen LogP contribution in [-0.4, -0.2) is 158 Å². The van der Waals surface area contributed by atoms with Crippen molar-refractivity contribution in [3.05, 3.63) is 189 Å². The number of carbonyl (C=O) groups excluding carboxylic acids is 6. The third-order valence-corrected chi connectivity index (χ3v) is 26.0. The van der Waals surface area contributed by atoms with E-state index in [9.17, 15) is 39.0 Å². The van der Waals surface area contributed by atoms with Crippen LogP contribution in [0.25, 0.3) is 0 Å². The lowest BCUT2D eigenvalue weighted by Gasteiger charge is -2.44. The van der Waals surface area contributed by atoms with Crippen LogP contribution in [0.1, 0.15) is 266 Å². The molecule has 0 saturated carbocycles. The molecule has 0 radical (unpaired) electrons. The van der Waals surface area contributed by atoms with Crippen LogP contribution in [0.2, 0.25) is 0 Å². The zero-order chi connectivity index (χ0) is 83.1. The Morgan fingerprint density at radius 3 is 1.62 bits per heavy atom. The third-order valence-electron chi connectivity index (χ3n) is 26.0. The molecule has 626 valence electrons. The monoisotopic (exact) mass is 1600 g/mol. The molecule has 7 aliphatic heterocycles. The third kappa shape index (κ3) is 16.6. The van der Waals surface area contributed by atoms with Crippen molar-refractivity contribution in [2.24, 2.45) is 44.0 Å². The van der Waals surface area contributed by atoms with E-state index >= 15 is 0 Å². The van der Waals surface area contributed by atoms with Crippen LogP contribution in [0.3, 0.4) is 0 Å². The van der Waals surface area contributed by atoms with Crippen LogP contribution in [0.4, 0.5) is 0 Å². The van der Waals surface area contributed by atoms with Crippen molar-refractivity contribution >= 4 is 53.3 Å². The average Bonchev–Trinajstić information content (AvgIpc) is 1.66. The summed E-state index contributed by atoms with van der Waals surface area (Å²) in [6, 6.07) is 36.4. The Morgan fingerprint density at radius 2 is 1.03 bits per heavy atom. The number of amides is 6. The number of hydrogen-bond donors (Lipinski definition) is 8. The number of nitrogens with one attached hydrogen (secondary N) is 3. The van der Waals surface area contributed by atoms with Gasteiger partial charge in [0.05, 0.1) is 92.0 Å². The molecule has 0 saturated heterocycles. The fraction of sp³-hybridized carbons (Fsp3) is 0.505. The lowest BCUT2D eigenvalue weighted by molar-refractivity contribution is -0.136. The summed E-state index contributed by atoms with van der Waals surface area (Å²) in [5.74, 6) is 1.98. The van der Waals surface area contributed by atoms with Gasteiger partial charge in [-0.05, 0) is 168 Å². The molecule has 26 heteroatoms. The minimum absolute atomic E-state index is 0. The largest absolute Gasteiger partial charge is 0.493 e. The van der Waals surface area contributed by atoms with E-state index in [1.54, 1.807) is 61.3 Å². The van der Waals surface area contributed by atoms with Crippen molar-refractivity contribution in [2.45, 2.75) is 243 Å². The molecule has 6 amide bonds. The molecule has 0 spiro atoms. The van der Waals surface area contributed by atoms with Gasteiger partial charge in [0, 0.05) is 71.4 Å². The lowest BCUT2D eigenvalue weighted by Crippen LogP contribution is -2.58. The second-order valence-electron chi connectivity index (χ2n) is 33.6. The number of carbonyl (C=O) groups is 6. The molecule has 2 aliphatic carbocycles. The molecule has 0 aromatic heterocycles. The maximum Gasteiger partial charge on any atom is 0.251 e. The van der Waals surface area contributed by atoms with Gasteiger partial charge in [-0.1, -0.05) is 123 Å². The number of rotatable bonds is 19. The number of benzene rings is 6. The molecule has 7 heterocycles. The fourth-order valence-corrected chi connectivity index (χ4v) is 18.5. The Kier molecular flexibility index (Phi) is 25.2. The lowest BCUT2D eigenvalue weighted by atomic mass is 9.79. The van der Waals surface area contributed by atoms with Gasteiger partial charge in [0.1, 0.15) is 46.8 Å². The molecule has 117 heavy (non-hydrogen) atoms. The molecule has 0 unspecified atom stereocenters. The molecule has 26 nitrogen and oxygen atoms in total. The maximum absolute atomic E-state index is 13.8. The summed E-state index contributed by atoms with van der Waals surface area (Å²) in [7, 11) is 3.20. The van der Waals surface area contributed by atoms with E-state index in [2.05, 4.69) is 22.9 Å². The molecule has 0 fully saturated rings. The highest BCUT2D eigenvalue weighted by atomic mass is 16.5. The van der Waals surface area contributed by atoms with Crippen molar-refractivity contribution in [3.8, 4) is 23.0 Å². The summed E-state index contributed by atoms with van der Waals surface area (Å²) in [5, 5.41) is 30.9. The van der Waals surface area contributed by atoms with E-state index in [1.165, 1.54) is 4.90 Å². The normalized spacial score (nSPS) is 26.4. The van der Waals surface area contributed by atoms with Crippen molar-refractivity contribution in [1.29, 1.82) is 0 Å². The van der Waals surface area contributed by atoms with Crippen LogP contribution < -0.4 is 52.1 Å². The highest BCUT2D eigenvalue weighted by molar-refractivity contribution is 6.03. The molecule has 9 aliphatic rings. The predicted octanol–water partition coefficient (Wildman–Crippen LogP) is 12.2. The number of hydrogen-bond acceptors (Lipinski definition) is 20. The van der Waals surface area contributed by atoms with Gasteiger partial charge >= 0.3 is 0 Å². The number of aliphatic imine (C=N–C) groups is 3. The molecule has 11 N–H and O–H groups in total. The first-order valence-electron chi connectivity index (χ1n) is 41.0. The van der Waals surface area contributed by atoms with Gasteiger partial charge in [-0.3, -0.25) is 43.5 Å². The Morgan fingerprint density at radius 1 is 0.547 bits per heavy atom. The molecule has 6 aromatic rings. The van der Waals surface area contributed by atoms with E-state index in [4.69, 9.17) is 60.6 Å². The molecule has 6 aromatic carbocycles. The fourth-order valence-electron chi connectivity index (χ4n) is 18.5. The molecule has 11 atom stereocenters. The van der Waals surface area contributed by atoms with Gasteiger partial charge < -0.3 is 71.8 Å². The van der Waals surface area contributed by atoms with Gasteiger partial charge in [-0.2, -0.15) is 0 Å². The number of aliphatic hydroxyl groups excluding tert-OH is 1. The number of para-hydroxylation sites is 2. The summed E-state index contributed by atoms with van der Waals surface area (Å²) in [4.78, 5) is 100. The van der Waals surface area contributed by atoms with Gasteiger partial charge in [0.2, 0.25) is 17.7 Å². The number of nitrogens with zero attached hydrogens (tertiary/aromatic N) is 6. The highest BCUT2D eigenvalue weighted by Gasteiger charge is 2.55. The second-order valence-corrected chi connectivity index (χ2v) is 33.6. The summed E-state index contributed by atoms with van der Waals surface area (Å²) in [5.41, 5.74) is 23.7. The summed E-state index contributed by atoms with van der Waals surface area (Å²) < 4.78 is 35.4. The quantitative estimate of drug-likeness (QED) is 0.0373. The number of nitrogens with two attached hydrogens (primary N) is 3. The molecule has 15 rings (SSSR count). The minimum atomic E-state index is -1.27. The van der Waals surface area contributed by atoms with Gasteiger partial charge in [0.15, 0.2) is 23.5 Å². The van der Waals surface area contributed by atoms with Crippen LogP contribution in [0.5, 0.6) is 23.0 Å². The van der Waals surface area contributed by atoms with Crippen molar-refractivity contribution < 1.29 is 67.4 Å². The van der Waals surface area contributed by atoms with E-state index in [-0.39, 0.29) is 111 Å². The number of ether oxygens (including phenoxy) is 6. The Bertz CT molecular complexity index is 4830. The topological polar surface area (TPSA) is 359 Å². The van der Waals surface area contributed by atoms with Gasteiger partial charge in [0.25, 0.3) is 17.7 Å². The zero-order valence-electron chi connectivity index (χ0n) is 69.1. The predicted molar refractivity (Wildman–Crippen MR) is 448 cm³/mol. The number of fused-ring (bicyclic) bond motifs is 6. The number of methoxy groups -OCH3 is 2. The summed E-state index contributed by atoms with van der Waals surface area (Å²) >= 11 is 0. The first-order valence-corrected chi connectivity index (χ1v) is 41.0. The second kappa shape index (κ2) is 34.3. The number of aliphatic hydroxyl groups is 2. The van der Waals surface area contributed by atoms with E-state index in [0.29, 0.717) is 78.4 Å². The Hall–Kier alpha value is -10.4. The smallest absolute Gasteiger partial charge is 0.251 e. The van der Waals surface area contributed by atoms with E-state index in [1.807, 2.05) is 159 Å². The maximum atomic E-state index is 13.8. The SMILES string of the molecule is C.CCC1(CC)CC(=O)N([C@@H]2CCCc3ccc(C(=O)N[C@@H]4c5ccccc5OC[C@@]4(C)O)cc32)C(N)=N1.CCC1(CC)CC(=O)N([C@H]2c3cc(C(=O)N[C@@H]4c5ccccc5C[C@H]4O)ccc3O[C@@]2(C)COC)C(N)=N1.CCC1(CC)CC(=O)N([C@H]2c3cc(C(=O)N[C@@H]4c5ccccc5OC(C)(C)[C@H]4C)ccc3OC[C@H]2COC)C(N)=N1. The van der Waals surface area contributed by atoms with E-state index < -0.39 is 63.7 Å². The standard InChI is InChI=1S/C32H42N4O5.C29H36N4O5.C29H36N4O4.CH4/c1-7-32(8-2)16-26(37)36(30(33)35-32)28-21(17-39-6)18-40-24-14-13-20(15-23(24)28)29(38)34-27-19(3)31(4,5)41-25-12-10-9-11-22(25)27;1-5-29(6-2)15-23(35)33(27(30)32-29)25-20-13-18(11-12-22(20)38-28(25,3)16-37-4)26(36)31-24-19-10-8-7-9-17(19)14-21(24)34;1-4-29(5-2)16-24(34)33(27(30)32-29)22-11-8-9-18-13-14-19(15-21(18)22)26(35)31-25-20-10-6-7-12-23(20)37-17-28(25,3)36;/h9-15,19,21,27-28H,7-8,16-18H2,1-6H3,(H2,33,35)(H,34,38);7-13,21,24-25,34H,5-6,14-16H2,1-4H3,(H2,30,32)(H,31,36);6-7,10,12-15,22,25,36H,4-5,8-9,11,16-17H2,1-3H3,(H2,30,32)(H,31,35);1H4/t19-,21+,27-,28+;21-,24-,25+,28+;22-,25-,28-;/m011./s1. The minimum Gasteiger partial charge on any atom is -0.493 e. The average molecular weight is 1600 g/mol. The molecular formula is C91H118N12O14. The van der Waals surface area contributed by atoms with Gasteiger partial charge in [-0.15, -0.1) is 0 Å². The first kappa shape index (κ1) is 85.9. The van der Waals surface area contributed by atoms with Crippen LogP contribution in [-0.2, 0) is 36.7 Å².